The van der Waals surface area contributed by atoms with Crippen LogP contribution in [0.25, 0.3) is 0 Å². The standard InChI is InChI=1S/C17H23N5S/c1-21(2)15-10-8-13(9-11-15)12-18-22-16(19-20-17(22)23)14-6-4-3-5-7-14/h8-12,14H,3-7H2,1-2H3,(H,20,23)/b18-12+. The second-order valence-corrected chi connectivity index (χ2v) is 6.65. The summed E-state index contributed by atoms with van der Waals surface area (Å²) in [6.07, 6.45) is 8.04. The maximum absolute atomic E-state index is 5.34. The number of hydrogen-bond donors (Lipinski definition) is 1. The Hall–Kier alpha value is -1.95. The Bertz CT molecular complexity index is 720. The van der Waals surface area contributed by atoms with Crippen molar-refractivity contribution < 1.29 is 0 Å². The molecule has 0 atom stereocenters. The SMILES string of the molecule is CN(C)c1ccc(/C=N/n2c(C3CCCCC3)n[nH]c2=S)cc1. The Morgan fingerprint density at radius 1 is 1.22 bits per heavy atom. The van der Waals surface area contributed by atoms with Crippen molar-refractivity contribution in [1.29, 1.82) is 0 Å². The normalized spacial score (nSPS) is 16.1. The lowest BCUT2D eigenvalue weighted by molar-refractivity contribution is 0.419. The van der Waals surface area contributed by atoms with Crippen molar-refractivity contribution in [3.05, 3.63) is 40.4 Å². The van der Waals surface area contributed by atoms with Gasteiger partial charge in [-0.1, -0.05) is 31.4 Å². The van der Waals surface area contributed by atoms with Gasteiger partial charge < -0.3 is 4.90 Å². The lowest BCUT2D eigenvalue weighted by Gasteiger charge is -2.19. The lowest BCUT2D eigenvalue weighted by Crippen LogP contribution is -2.10. The van der Waals surface area contributed by atoms with Crippen LogP contribution in [0.5, 0.6) is 0 Å². The van der Waals surface area contributed by atoms with Crippen LogP contribution in [-0.4, -0.2) is 35.2 Å². The van der Waals surface area contributed by atoms with Gasteiger partial charge in [-0.3, -0.25) is 5.10 Å². The van der Waals surface area contributed by atoms with Crippen molar-refractivity contribution in [2.45, 2.75) is 38.0 Å². The van der Waals surface area contributed by atoms with E-state index in [1.165, 1.54) is 37.8 Å². The molecule has 1 aliphatic rings. The quantitative estimate of drug-likeness (QED) is 0.683. The Balaban J connectivity index is 1.81. The van der Waals surface area contributed by atoms with E-state index in [0.29, 0.717) is 10.7 Å². The summed E-state index contributed by atoms with van der Waals surface area (Å²) in [5.41, 5.74) is 2.22. The number of benzene rings is 1. The molecule has 0 aliphatic heterocycles. The minimum Gasteiger partial charge on any atom is -0.378 e. The molecule has 1 aromatic heterocycles. The molecular formula is C17H23N5S. The monoisotopic (exact) mass is 329 g/mol. The number of rotatable bonds is 4. The molecule has 1 saturated carbocycles. The fourth-order valence-corrected chi connectivity index (χ4v) is 3.21. The molecule has 1 aromatic carbocycles. The highest BCUT2D eigenvalue weighted by atomic mass is 32.1. The summed E-state index contributed by atoms with van der Waals surface area (Å²) in [6, 6.07) is 8.28. The van der Waals surface area contributed by atoms with Crippen LogP contribution in [0.3, 0.4) is 0 Å². The minimum absolute atomic E-state index is 0.463. The zero-order valence-corrected chi connectivity index (χ0v) is 14.5. The van der Waals surface area contributed by atoms with E-state index in [-0.39, 0.29) is 0 Å². The molecule has 5 nitrogen and oxygen atoms in total. The molecule has 23 heavy (non-hydrogen) atoms. The van der Waals surface area contributed by atoms with E-state index in [1.54, 1.807) is 4.68 Å². The average Bonchev–Trinajstić information content (AvgIpc) is 2.95. The van der Waals surface area contributed by atoms with Crippen LogP contribution in [0.2, 0.25) is 0 Å². The van der Waals surface area contributed by atoms with Crippen molar-refractivity contribution in [2.75, 3.05) is 19.0 Å². The molecule has 3 rings (SSSR count). The number of hydrogen-bond acceptors (Lipinski definition) is 4. The largest absolute Gasteiger partial charge is 0.378 e. The summed E-state index contributed by atoms with van der Waals surface area (Å²) in [4.78, 5) is 2.08. The summed E-state index contributed by atoms with van der Waals surface area (Å²) < 4.78 is 2.34. The molecular weight excluding hydrogens is 306 g/mol. The van der Waals surface area contributed by atoms with Gasteiger partial charge in [-0.05, 0) is 42.8 Å². The first-order valence-corrected chi connectivity index (χ1v) is 8.55. The van der Waals surface area contributed by atoms with Crippen molar-refractivity contribution in [1.82, 2.24) is 14.9 Å². The van der Waals surface area contributed by atoms with Gasteiger partial charge in [0.15, 0.2) is 5.82 Å². The molecule has 0 saturated heterocycles. The number of aromatic nitrogens is 3. The topological polar surface area (TPSA) is 49.2 Å². The van der Waals surface area contributed by atoms with Crippen LogP contribution >= 0.6 is 12.2 Å². The zero-order valence-electron chi connectivity index (χ0n) is 13.7. The first-order valence-electron chi connectivity index (χ1n) is 8.14. The molecule has 1 N–H and O–H groups in total. The average molecular weight is 329 g/mol. The van der Waals surface area contributed by atoms with Gasteiger partial charge in [0.05, 0.1) is 6.21 Å². The van der Waals surface area contributed by atoms with E-state index in [4.69, 9.17) is 12.2 Å². The van der Waals surface area contributed by atoms with E-state index in [0.717, 1.165) is 11.4 Å². The molecule has 0 unspecified atom stereocenters. The fraction of sp³-hybridized carbons (Fsp3) is 0.471. The van der Waals surface area contributed by atoms with E-state index in [1.807, 2.05) is 20.3 Å². The third-order valence-corrected chi connectivity index (χ3v) is 4.64. The number of aromatic amines is 1. The Kier molecular flexibility index (Phi) is 4.91. The van der Waals surface area contributed by atoms with E-state index in [9.17, 15) is 0 Å². The van der Waals surface area contributed by atoms with E-state index in [2.05, 4.69) is 44.5 Å². The Morgan fingerprint density at radius 2 is 1.91 bits per heavy atom. The van der Waals surface area contributed by atoms with Gasteiger partial charge >= 0.3 is 0 Å². The van der Waals surface area contributed by atoms with Crippen LogP contribution in [0.15, 0.2) is 29.4 Å². The number of nitrogens with zero attached hydrogens (tertiary/aromatic N) is 4. The van der Waals surface area contributed by atoms with Crippen molar-refractivity contribution in [3.8, 4) is 0 Å². The van der Waals surface area contributed by atoms with Gasteiger partial charge in [0.2, 0.25) is 4.77 Å². The number of H-pyrrole nitrogens is 1. The number of anilines is 1. The van der Waals surface area contributed by atoms with Gasteiger partial charge in [-0.25, -0.2) is 0 Å². The summed E-state index contributed by atoms with van der Waals surface area (Å²) in [5.74, 6) is 1.43. The van der Waals surface area contributed by atoms with Crippen LogP contribution in [0.4, 0.5) is 5.69 Å². The molecule has 122 valence electrons. The molecule has 1 heterocycles. The predicted octanol–water partition coefficient (Wildman–Crippen LogP) is 3.94. The van der Waals surface area contributed by atoms with Crippen LogP contribution in [0.1, 0.15) is 49.4 Å². The molecule has 0 radical (unpaired) electrons. The van der Waals surface area contributed by atoms with Crippen molar-refractivity contribution in [3.63, 3.8) is 0 Å². The summed E-state index contributed by atoms with van der Waals surface area (Å²) >= 11 is 5.34. The Labute approximate surface area is 142 Å². The molecule has 1 aliphatic carbocycles. The molecule has 0 amide bonds. The maximum Gasteiger partial charge on any atom is 0.216 e. The first-order chi connectivity index (χ1) is 11.1. The second-order valence-electron chi connectivity index (χ2n) is 6.26. The van der Waals surface area contributed by atoms with E-state index < -0.39 is 0 Å². The van der Waals surface area contributed by atoms with Crippen LogP contribution < -0.4 is 4.90 Å². The molecule has 2 aromatic rings. The van der Waals surface area contributed by atoms with Gasteiger partial charge in [0.25, 0.3) is 0 Å². The second kappa shape index (κ2) is 7.08. The van der Waals surface area contributed by atoms with Crippen LogP contribution in [0, 0.1) is 4.77 Å². The van der Waals surface area contributed by atoms with E-state index >= 15 is 0 Å². The highest BCUT2D eigenvalue weighted by Gasteiger charge is 2.21. The highest BCUT2D eigenvalue weighted by molar-refractivity contribution is 7.71. The molecule has 1 fully saturated rings. The predicted molar refractivity (Wildman–Crippen MR) is 97.0 cm³/mol. The summed E-state index contributed by atoms with van der Waals surface area (Å²) in [6.45, 7) is 0. The molecule has 0 bridgehead atoms. The lowest BCUT2D eigenvalue weighted by atomic mass is 9.89. The Morgan fingerprint density at radius 3 is 2.57 bits per heavy atom. The van der Waals surface area contributed by atoms with Gasteiger partial charge in [-0.15, -0.1) is 0 Å². The first kappa shape index (κ1) is 15.9. The minimum atomic E-state index is 0.463. The highest BCUT2D eigenvalue weighted by Crippen LogP contribution is 2.31. The summed E-state index contributed by atoms with van der Waals surface area (Å²) in [5, 5.41) is 11.9. The van der Waals surface area contributed by atoms with Crippen molar-refractivity contribution >= 4 is 24.1 Å². The van der Waals surface area contributed by atoms with Gasteiger partial charge in [0, 0.05) is 25.7 Å². The molecule has 0 spiro atoms. The third kappa shape index (κ3) is 3.69. The maximum atomic E-state index is 5.34. The van der Waals surface area contributed by atoms with Gasteiger partial charge in [-0.2, -0.15) is 14.9 Å². The zero-order chi connectivity index (χ0) is 16.2. The summed E-state index contributed by atoms with van der Waals surface area (Å²) in [7, 11) is 4.06. The number of nitrogens with one attached hydrogen (secondary N) is 1. The fourth-order valence-electron chi connectivity index (χ4n) is 3.02. The third-order valence-electron chi connectivity index (χ3n) is 4.38. The smallest absolute Gasteiger partial charge is 0.216 e. The van der Waals surface area contributed by atoms with Gasteiger partial charge in [0.1, 0.15) is 0 Å². The molecule has 6 heteroatoms. The van der Waals surface area contributed by atoms with Crippen molar-refractivity contribution in [2.24, 2.45) is 5.10 Å². The van der Waals surface area contributed by atoms with Crippen LogP contribution in [-0.2, 0) is 0 Å².